The lowest BCUT2D eigenvalue weighted by Gasteiger charge is -2.41. The lowest BCUT2D eigenvalue weighted by atomic mass is 9.86. The number of nitrogens with one attached hydrogen (secondary N) is 1. The summed E-state index contributed by atoms with van der Waals surface area (Å²) in [7, 11) is 3.06. The highest BCUT2D eigenvalue weighted by Crippen LogP contribution is 2.32. The molecule has 6 nitrogen and oxygen atoms in total. The molecule has 1 amide bonds. The summed E-state index contributed by atoms with van der Waals surface area (Å²) in [5.41, 5.74) is -1.03. The first kappa shape index (κ1) is 22.8. The molecule has 2 fully saturated rings. The predicted molar refractivity (Wildman–Crippen MR) is 114 cm³/mol. The van der Waals surface area contributed by atoms with Gasteiger partial charge in [-0.2, -0.15) is 0 Å². The van der Waals surface area contributed by atoms with Crippen molar-refractivity contribution in [1.29, 1.82) is 0 Å². The molecule has 1 atom stereocenters. The van der Waals surface area contributed by atoms with Gasteiger partial charge in [-0.3, -0.25) is 4.79 Å². The Morgan fingerprint density at radius 1 is 1.20 bits per heavy atom. The summed E-state index contributed by atoms with van der Waals surface area (Å²) >= 11 is 0. The van der Waals surface area contributed by atoms with Gasteiger partial charge in [0.2, 0.25) is 0 Å². The van der Waals surface area contributed by atoms with Crippen LogP contribution in [0.15, 0.2) is 18.2 Å². The quantitative estimate of drug-likeness (QED) is 0.729. The van der Waals surface area contributed by atoms with Crippen molar-refractivity contribution >= 4 is 5.91 Å². The zero-order valence-electron chi connectivity index (χ0n) is 18.6. The van der Waals surface area contributed by atoms with Gasteiger partial charge in [0.25, 0.3) is 5.91 Å². The van der Waals surface area contributed by atoms with Gasteiger partial charge in [0, 0.05) is 37.9 Å². The van der Waals surface area contributed by atoms with Crippen molar-refractivity contribution in [2.45, 2.75) is 50.8 Å². The van der Waals surface area contributed by atoms with Gasteiger partial charge in [-0.25, -0.2) is 4.39 Å². The second-order valence-corrected chi connectivity index (χ2v) is 9.20. The van der Waals surface area contributed by atoms with E-state index in [2.05, 4.69) is 24.1 Å². The lowest BCUT2D eigenvalue weighted by molar-refractivity contribution is -0.0791. The fraction of sp³-hybridized carbons (Fsp3) is 0.696. The molecule has 3 rings (SSSR count). The zero-order chi connectivity index (χ0) is 21.8. The molecule has 1 unspecified atom stereocenters. The second kappa shape index (κ2) is 9.52. The van der Waals surface area contributed by atoms with Crippen molar-refractivity contribution in [2.75, 3.05) is 47.0 Å². The summed E-state index contributed by atoms with van der Waals surface area (Å²) in [5, 5.41) is 2.76. The average molecular weight is 423 g/mol. The van der Waals surface area contributed by atoms with Crippen molar-refractivity contribution in [1.82, 2.24) is 10.2 Å². The number of carbonyl (C=O) groups excluding carboxylic acids is 1. The molecule has 0 aromatic heterocycles. The number of ether oxygens (including phenoxy) is 3. The van der Waals surface area contributed by atoms with Gasteiger partial charge in [-0.05, 0) is 57.6 Å². The van der Waals surface area contributed by atoms with Gasteiger partial charge in [0.15, 0.2) is 0 Å². The van der Waals surface area contributed by atoms with Gasteiger partial charge >= 0.3 is 0 Å². The largest absolute Gasteiger partial charge is 0.497 e. The van der Waals surface area contributed by atoms with Crippen LogP contribution in [0.3, 0.4) is 0 Å². The Balaban J connectivity index is 1.48. The van der Waals surface area contributed by atoms with Gasteiger partial charge in [-0.1, -0.05) is 0 Å². The van der Waals surface area contributed by atoms with Crippen LogP contribution < -0.4 is 14.8 Å². The summed E-state index contributed by atoms with van der Waals surface area (Å²) in [5.74, 6) is 1.33. The Morgan fingerprint density at radius 2 is 1.83 bits per heavy atom. The van der Waals surface area contributed by atoms with Crippen LogP contribution in [0, 0.1) is 5.92 Å². The Bertz CT molecular complexity index is 710. The molecule has 2 aliphatic rings. The molecule has 1 aromatic carbocycles. The molecule has 0 saturated carbocycles. The van der Waals surface area contributed by atoms with Gasteiger partial charge < -0.3 is 24.4 Å². The maximum atomic E-state index is 15.3. The highest BCUT2D eigenvalue weighted by Gasteiger charge is 2.37. The minimum Gasteiger partial charge on any atom is -0.497 e. The van der Waals surface area contributed by atoms with Crippen LogP contribution in [-0.2, 0) is 4.74 Å². The van der Waals surface area contributed by atoms with E-state index in [4.69, 9.17) is 14.2 Å². The van der Waals surface area contributed by atoms with Crippen LogP contribution in [-0.4, -0.2) is 69.1 Å². The van der Waals surface area contributed by atoms with E-state index in [0.717, 1.165) is 39.1 Å². The first-order valence-electron chi connectivity index (χ1n) is 10.8. The van der Waals surface area contributed by atoms with Crippen molar-refractivity contribution in [3.63, 3.8) is 0 Å². The van der Waals surface area contributed by atoms with Gasteiger partial charge in [0.1, 0.15) is 17.2 Å². The lowest BCUT2D eigenvalue weighted by Crippen LogP contribution is -2.49. The van der Waals surface area contributed by atoms with Crippen LogP contribution in [0.25, 0.3) is 0 Å². The van der Waals surface area contributed by atoms with Crippen LogP contribution >= 0.6 is 0 Å². The number of carbonyl (C=O) groups is 1. The third kappa shape index (κ3) is 6.08. The number of benzene rings is 1. The number of hydrogen-bond acceptors (Lipinski definition) is 5. The maximum Gasteiger partial charge on any atom is 0.251 e. The molecule has 30 heavy (non-hydrogen) atoms. The Kier molecular flexibility index (Phi) is 7.24. The fourth-order valence-corrected chi connectivity index (χ4v) is 4.47. The number of nitrogens with zero attached hydrogens (tertiary/aromatic N) is 1. The average Bonchev–Trinajstić information content (AvgIpc) is 2.73. The zero-order valence-corrected chi connectivity index (χ0v) is 18.6. The van der Waals surface area contributed by atoms with Crippen LogP contribution in [0.1, 0.15) is 49.9 Å². The predicted octanol–water partition coefficient (Wildman–Crippen LogP) is 3.44. The monoisotopic (exact) mass is 422 g/mol. The number of halogens is 1. The first-order valence-corrected chi connectivity index (χ1v) is 10.8. The van der Waals surface area contributed by atoms with Gasteiger partial charge in [0.05, 0.1) is 26.4 Å². The van der Waals surface area contributed by atoms with E-state index in [-0.39, 0.29) is 18.1 Å². The van der Waals surface area contributed by atoms with Crippen molar-refractivity contribution in [3.8, 4) is 11.5 Å². The molecule has 2 aliphatic heterocycles. The minimum atomic E-state index is -1.37. The summed E-state index contributed by atoms with van der Waals surface area (Å²) in [6.07, 6.45) is 2.98. The van der Waals surface area contributed by atoms with Crippen molar-refractivity contribution < 1.29 is 23.4 Å². The van der Waals surface area contributed by atoms with E-state index in [0.29, 0.717) is 35.8 Å². The molecule has 1 aromatic rings. The summed E-state index contributed by atoms with van der Waals surface area (Å²) in [4.78, 5) is 14.9. The highest BCUT2D eigenvalue weighted by atomic mass is 19.1. The summed E-state index contributed by atoms with van der Waals surface area (Å²) < 4.78 is 31.5. The molecule has 0 radical (unpaired) electrons. The standard InChI is InChI=1S/C23H35FN2O4/c1-22(2)14-17(5-10-30-22)15-26-8-6-23(24,7-9-26)16-25-21(27)18-11-19(28-3)13-20(12-18)29-4/h11-13,17H,5-10,14-16H2,1-4H3,(H,25,27). The Labute approximate surface area is 179 Å². The van der Waals surface area contributed by atoms with Crippen molar-refractivity contribution in [3.05, 3.63) is 23.8 Å². The SMILES string of the molecule is COc1cc(OC)cc(C(=O)NCC2(F)CCN(CC3CCOC(C)(C)C3)CC2)c1. The summed E-state index contributed by atoms with van der Waals surface area (Å²) in [6, 6.07) is 4.95. The van der Waals surface area contributed by atoms with Crippen molar-refractivity contribution in [2.24, 2.45) is 5.92 Å². The molecule has 7 heteroatoms. The molecule has 2 heterocycles. The van der Waals surface area contributed by atoms with E-state index in [9.17, 15) is 4.79 Å². The fourth-order valence-electron chi connectivity index (χ4n) is 4.47. The van der Waals surface area contributed by atoms with Crippen LogP contribution in [0.5, 0.6) is 11.5 Å². The smallest absolute Gasteiger partial charge is 0.251 e. The maximum absolute atomic E-state index is 15.3. The molecule has 2 saturated heterocycles. The first-order chi connectivity index (χ1) is 14.2. The topological polar surface area (TPSA) is 60.0 Å². The number of alkyl halides is 1. The van der Waals surface area contributed by atoms with E-state index >= 15 is 4.39 Å². The molecule has 1 N–H and O–H groups in total. The third-order valence-corrected chi connectivity index (χ3v) is 6.25. The number of likely N-dealkylation sites (tertiary alicyclic amines) is 1. The van der Waals surface area contributed by atoms with E-state index < -0.39 is 5.67 Å². The molecule has 0 spiro atoms. The third-order valence-electron chi connectivity index (χ3n) is 6.25. The number of hydrogen-bond donors (Lipinski definition) is 1. The number of amides is 1. The highest BCUT2D eigenvalue weighted by molar-refractivity contribution is 5.95. The Hall–Kier alpha value is -1.86. The van der Waals surface area contributed by atoms with Crippen LogP contribution in [0.4, 0.5) is 4.39 Å². The number of piperidine rings is 1. The normalized spacial score (nSPS) is 23.6. The van der Waals surface area contributed by atoms with E-state index in [1.54, 1.807) is 18.2 Å². The summed E-state index contributed by atoms with van der Waals surface area (Å²) in [6.45, 7) is 7.54. The minimum absolute atomic E-state index is 0.0174. The molecule has 168 valence electrons. The Morgan fingerprint density at radius 3 is 2.40 bits per heavy atom. The number of methoxy groups -OCH3 is 2. The molecule has 0 bridgehead atoms. The molecular formula is C23H35FN2O4. The van der Waals surface area contributed by atoms with E-state index in [1.807, 2.05) is 0 Å². The van der Waals surface area contributed by atoms with Gasteiger partial charge in [-0.15, -0.1) is 0 Å². The van der Waals surface area contributed by atoms with E-state index in [1.165, 1.54) is 14.2 Å². The second-order valence-electron chi connectivity index (χ2n) is 9.20. The number of rotatable bonds is 7. The van der Waals surface area contributed by atoms with Crippen LogP contribution in [0.2, 0.25) is 0 Å². The molecular weight excluding hydrogens is 387 g/mol. The molecule has 0 aliphatic carbocycles.